The molecular formula is C23H34N4O2. The average Bonchev–Trinajstić information content (AvgIpc) is 3.07. The summed E-state index contributed by atoms with van der Waals surface area (Å²) in [5.41, 5.74) is 2.08. The van der Waals surface area contributed by atoms with E-state index >= 15 is 0 Å². The minimum Gasteiger partial charge on any atom is -0.349 e. The predicted octanol–water partition coefficient (Wildman–Crippen LogP) is 3.06. The van der Waals surface area contributed by atoms with Crippen molar-refractivity contribution in [2.45, 2.75) is 76.7 Å². The Kier molecular flexibility index (Phi) is 4.91. The van der Waals surface area contributed by atoms with Crippen LogP contribution in [0.3, 0.4) is 0 Å². The third-order valence-corrected chi connectivity index (χ3v) is 8.09. The molecule has 3 aliphatic carbocycles. The summed E-state index contributed by atoms with van der Waals surface area (Å²) in [6.07, 6.45) is 14.3. The molecule has 6 nitrogen and oxygen atoms in total. The van der Waals surface area contributed by atoms with Gasteiger partial charge in [-0.25, -0.2) is 0 Å². The molecule has 2 amide bonds. The largest absolute Gasteiger partial charge is 0.349 e. The van der Waals surface area contributed by atoms with Gasteiger partial charge in [0.1, 0.15) is 0 Å². The van der Waals surface area contributed by atoms with E-state index in [0.29, 0.717) is 29.2 Å². The van der Waals surface area contributed by atoms with E-state index in [2.05, 4.69) is 15.3 Å². The maximum Gasteiger partial charge on any atom is 0.254 e. The molecular weight excluding hydrogens is 364 g/mol. The number of aromatic nitrogens is 2. The van der Waals surface area contributed by atoms with Crippen molar-refractivity contribution in [1.82, 2.24) is 20.0 Å². The van der Waals surface area contributed by atoms with Gasteiger partial charge in [0, 0.05) is 38.3 Å². The Morgan fingerprint density at radius 2 is 1.86 bits per heavy atom. The molecule has 1 aromatic heterocycles. The van der Waals surface area contributed by atoms with Crippen molar-refractivity contribution in [3.63, 3.8) is 0 Å². The van der Waals surface area contributed by atoms with Crippen molar-refractivity contribution < 1.29 is 9.59 Å². The molecule has 4 aliphatic rings. The van der Waals surface area contributed by atoms with Gasteiger partial charge < -0.3 is 10.2 Å². The van der Waals surface area contributed by atoms with Gasteiger partial charge in [-0.1, -0.05) is 19.3 Å². The minimum atomic E-state index is 0.0344. The minimum absolute atomic E-state index is 0.0344. The second-order valence-corrected chi connectivity index (χ2v) is 10.1. The van der Waals surface area contributed by atoms with E-state index in [0.717, 1.165) is 62.9 Å². The van der Waals surface area contributed by atoms with Crippen LogP contribution in [0.2, 0.25) is 0 Å². The molecule has 6 heteroatoms. The summed E-state index contributed by atoms with van der Waals surface area (Å²) < 4.78 is 1.77. The molecule has 1 spiro atoms. The number of carbonyl (C=O) groups excluding carboxylic acids is 2. The highest BCUT2D eigenvalue weighted by atomic mass is 16.2. The Labute approximate surface area is 173 Å². The van der Waals surface area contributed by atoms with Gasteiger partial charge in [0.25, 0.3) is 5.91 Å². The van der Waals surface area contributed by atoms with E-state index < -0.39 is 0 Å². The van der Waals surface area contributed by atoms with Crippen LogP contribution in [0.1, 0.15) is 80.3 Å². The standard InChI is InChI=1S/C23H34N4O2/c1-26-15-18(21(28)24-17-5-2-3-6-17)20(25-26)13-16-7-11-27(12-8-16)22(29)19-14-23(19)9-4-10-23/h15-17,19H,2-14H2,1H3,(H,24,28)/t19-/m1/s1. The fourth-order valence-electron chi connectivity index (χ4n) is 5.94. The Balaban J connectivity index is 1.15. The lowest BCUT2D eigenvalue weighted by molar-refractivity contribution is -0.135. The van der Waals surface area contributed by atoms with Crippen molar-refractivity contribution in [3.8, 4) is 0 Å². The van der Waals surface area contributed by atoms with Crippen molar-refractivity contribution in [2.24, 2.45) is 24.3 Å². The van der Waals surface area contributed by atoms with Gasteiger partial charge in [0.15, 0.2) is 0 Å². The highest BCUT2D eigenvalue weighted by molar-refractivity contribution is 5.95. The van der Waals surface area contributed by atoms with Crippen LogP contribution in [0.5, 0.6) is 0 Å². The number of amides is 2. The number of nitrogens with one attached hydrogen (secondary N) is 1. The van der Waals surface area contributed by atoms with Crippen LogP contribution in [0.15, 0.2) is 6.20 Å². The molecule has 2 heterocycles. The molecule has 1 atom stereocenters. The zero-order chi connectivity index (χ0) is 20.0. The number of nitrogens with zero attached hydrogens (tertiary/aromatic N) is 3. The lowest BCUT2D eigenvalue weighted by atomic mass is 9.79. The summed E-state index contributed by atoms with van der Waals surface area (Å²) in [5.74, 6) is 1.28. The molecule has 29 heavy (non-hydrogen) atoms. The highest BCUT2D eigenvalue weighted by Gasteiger charge is 2.61. The Hall–Kier alpha value is -1.85. The molecule has 4 fully saturated rings. The summed E-state index contributed by atoms with van der Waals surface area (Å²) in [6.45, 7) is 1.74. The SMILES string of the molecule is Cn1cc(C(=O)NC2CCCC2)c(CC2CCN(C(=O)[C@H]3CC34CCC4)CC2)n1. The number of likely N-dealkylation sites (tertiary alicyclic amines) is 1. The van der Waals surface area contributed by atoms with Crippen LogP contribution in [0, 0.1) is 17.3 Å². The van der Waals surface area contributed by atoms with Crippen molar-refractivity contribution >= 4 is 11.8 Å². The van der Waals surface area contributed by atoms with Gasteiger partial charge in [-0.05, 0) is 62.7 Å². The predicted molar refractivity (Wildman–Crippen MR) is 110 cm³/mol. The van der Waals surface area contributed by atoms with Crippen LogP contribution in [-0.4, -0.2) is 45.6 Å². The number of carbonyl (C=O) groups is 2. The van der Waals surface area contributed by atoms with Crippen LogP contribution >= 0.6 is 0 Å². The summed E-state index contributed by atoms with van der Waals surface area (Å²) in [4.78, 5) is 27.7. The Morgan fingerprint density at radius 3 is 2.48 bits per heavy atom. The number of rotatable bonds is 5. The fraction of sp³-hybridized carbons (Fsp3) is 0.783. The van der Waals surface area contributed by atoms with Gasteiger partial charge in [-0.2, -0.15) is 5.10 Å². The van der Waals surface area contributed by atoms with E-state index in [1.165, 1.54) is 32.1 Å². The number of aryl methyl sites for hydroxylation is 1. The quantitative estimate of drug-likeness (QED) is 0.829. The van der Waals surface area contributed by atoms with Crippen LogP contribution in [0.4, 0.5) is 0 Å². The molecule has 0 unspecified atom stereocenters. The van der Waals surface area contributed by atoms with Gasteiger partial charge >= 0.3 is 0 Å². The molecule has 5 rings (SSSR count). The normalized spacial score (nSPS) is 26.5. The van der Waals surface area contributed by atoms with Crippen LogP contribution in [-0.2, 0) is 18.3 Å². The molecule has 158 valence electrons. The molecule has 1 aromatic rings. The summed E-state index contributed by atoms with van der Waals surface area (Å²) >= 11 is 0. The van der Waals surface area contributed by atoms with E-state index in [1.54, 1.807) is 4.68 Å². The summed E-state index contributed by atoms with van der Waals surface area (Å²) in [7, 11) is 1.89. The summed E-state index contributed by atoms with van der Waals surface area (Å²) in [6, 6.07) is 0.325. The first kappa shape index (κ1) is 19.1. The van der Waals surface area contributed by atoms with Gasteiger partial charge in [0.2, 0.25) is 5.91 Å². The lowest BCUT2D eigenvalue weighted by Gasteiger charge is -2.34. The monoisotopic (exact) mass is 398 g/mol. The van der Waals surface area contributed by atoms with E-state index in [1.807, 2.05) is 13.2 Å². The second kappa shape index (κ2) is 7.44. The van der Waals surface area contributed by atoms with Crippen LogP contribution in [0.25, 0.3) is 0 Å². The molecule has 0 bridgehead atoms. The number of hydrogen-bond acceptors (Lipinski definition) is 3. The third kappa shape index (κ3) is 3.71. The van der Waals surface area contributed by atoms with Crippen LogP contribution < -0.4 is 5.32 Å². The first-order valence-electron chi connectivity index (χ1n) is 11.7. The first-order chi connectivity index (χ1) is 14.0. The topological polar surface area (TPSA) is 67.2 Å². The zero-order valence-corrected chi connectivity index (χ0v) is 17.7. The van der Waals surface area contributed by atoms with Gasteiger partial charge in [-0.3, -0.25) is 14.3 Å². The van der Waals surface area contributed by atoms with Crippen molar-refractivity contribution in [1.29, 1.82) is 0 Å². The highest BCUT2D eigenvalue weighted by Crippen LogP contribution is 2.66. The molecule has 1 saturated heterocycles. The third-order valence-electron chi connectivity index (χ3n) is 8.09. The molecule has 0 aromatic carbocycles. The number of hydrogen-bond donors (Lipinski definition) is 1. The zero-order valence-electron chi connectivity index (χ0n) is 17.7. The fourth-order valence-corrected chi connectivity index (χ4v) is 5.94. The average molecular weight is 399 g/mol. The van der Waals surface area contributed by atoms with E-state index in [-0.39, 0.29) is 5.91 Å². The molecule has 1 aliphatic heterocycles. The van der Waals surface area contributed by atoms with Gasteiger partial charge in [0.05, 0.1) is 11.3 Å². The van der Waals surface area contributed by atoms with Crippen molar-refractivity contribution in [3.05, 3.63) is 17.5 Å². The summed E-state index contributed by atoms with van der Waals surface area (Å²) in [5, 5.41) is 7.81. The van der Waals surface area contributed by atoms with E-state index in [9.17, 15) is 9.59 Å². The number of piperidine rings is 1. The van der Waals surface area contributed by atoms with E-state index in [4.69, 9.17) is 0 Å². The first-order valence-corrected chi connectivity index (χ1v) is 11.7. The van der Waals surface area contributed by atoms with Gasteiger partial charge in [-0.15, -0.1) is 0 Å². The Morgan fingerprint density at radius 1 is 1.14 bits per heavy atom. The maximum absolute atomic E-state index is 12.8. The lowest BCUT2D eigenvalue weighted by Crippen LogP contribution is -2.41. The maximum atomic E-state index is 12.8. The smallest absolute Gasteiger partial charge is 0.254 e. The Bertz CT molecular complexity index is 783. The molecule has 0 radical (unpaired) electrons. The molecule has 1 N–H and O–H groups in total. The second-order valence-electron chi connectivity index (χ2n) is 10.1. The van der Waals surface area contributed by atoms with Crippen molar-refractivity contribution in [2.75, 3.05) is 13.1 Å². The molecule has 3 saturated carbocycles.